The lowest BCUT2D eigenvalue weighted by Gasteiger charge is -2.08. The van der Waals surface area contributed by atoms with Gasteiger partial charge in [-0.25, -0.2) is 14.8 Å². The summed E-state index contributed by atoms with van der Waals surface area (Å²) >= 11 is 8.90. The molecule has 0 fully saturated rings. The molecule has 0 aliphatic heterocycles. The lowest BCUT2D eigenvalue weighted by atomic mass is 10.1. The predicted octanol–water partition coefficient (Wildman–Crippen LogP) is 6.31. The van der Waals surface area contributed by atoms with Gasteiger partial charge in [-0.05, 0) is 42.3 Å². The standard InChI is InChI=1S/C24H20ClN3O3S2/c1-2-10-31-24(30)16-4-3-5-18(11-16)28-20(29)13-33-23-21-19(12-32-22(21)26-14-27-23)15-6-8-17(25)9-7-15/h3-9,11-12,14H,2,10,13H2,1H3,(H,28,29). The smallest absolute Gasteiger partial charge is 0.338 e. The molecule has 4 rings (SSSR count). The number of hydrogen-bond donors (Lipinski definition) is 1. The van der Waals surface area contributed by atoms with Crippen LogP contribution in [-0.2, 0) is 9.53 Å². The highest BCUT2D eigenvalue weighted by Crippen LogP contribution is 2.38. The second-order valence-electron chi connectivity index (χ2n) is 7.07. The summed E-state index contributed by atoms with van der Waals surface area (Å²) in [6, 6.07) is 14.3. The molecule has 1 amide bonds. The molecule has 0 unspecified atom stereocenters. The van der Waals surface area contributed by atoms with Crippen molar-refractivity contribution in [2.24, 2.45) is 0 Å². The number of ether oxygens (including phenoxy) is 1. The SMILES string of the molecule is CCCOC(=O)c1cccc(NC(=O)CSc2ncnc3scc(-c4ccc(Cl)cc4)c23)c1. The van der Waals surface area contributed by atoms with Crippen molar-refractivity contribution in [3.05, 3.63) is 70.8 Å². The number of benzene rings is 2. The Morgan fingerprint density at radius 2 is 1.97 bits per heavy atom. The zero-order valence-electron chi connectivity index (χ0n) is 17.7. The highest BCUT2D eigenvalue weighted by molar-refractivity contribution is 8.00. The van der Waals surface area contributed by atoms with Gasteiger partial charge in [-0.1, -0.05) is 48.5 Å². The van der Waals surface area contributed by atoms with E-state index in [9.17, 15) is 9.59 Å². The summed E-state index contributed by atoms with van der Waals surface area (Å²) in [7, 11) is 0. The number of carbonyl (C=O) groups excluding carboxylic acids is 2. The average molecular weight is 498 g/mol. The maximum atomic E-state index is 12.6. The quantitative estimate of drug-likeness (QED) is 0.174. The fourth-order valence-electron chi connectivity index (χ4n) is 3.13. The van der Waals surface area contributed by atoms with Crippen molar-refractivity contribution < 1.29 is 14.3 Å². The lowest BCUT2D eigenvalue weighted by Crippen LogP contribution is -2.15. The van der Waals surface area contributed by atoms with Crippen LogP contribution in [-0.4, -0.2) is 34.2 Å². The summed E-state index contributed by atoms with van der Waals surface area (Å²) < 4.78 is 5.15. The molecule has 9 heteroatoms. The Balaban J connectivity index is 1.47. The van der Waals surface area contributed by atoms with E-state index in [4.69, 9.17) is 16.3 Å². The van der Waals surface area contributed by atoms with Crippen molar-refractivity contribution in [3.8, 4) is 11.1 Å². The van der Waals surface area contributed by atoms with Gasteiger partial charge in [-0.3, -0.25) is 4.79 Å². The Morgan fingerprint density at radius 1 is 1.15 bits per heavy atom. The van der Waals surface area contributed by atoms with Gasteiger partial charge in [0, 0.05) is 21.7 Å². The third kappa shape index (κ3) is 5.71. The van der Waals surface area contributed by atoms with E-state index in [1.807, 2.05) is 36.6 Å². The molecule has 2 aromatic heterocycles. The van der Waals surface area contributed by atoms with Gasteiger partial charge in [0.15, 0.2) is 0 Å². The van der Waals surface area contributed by atoms with Crippen LogP contribution in [0.2, 0.25) is 5.02 Å². The molecule has 4 aromatic rings. The van der Waals surface area contributed by atoms with E-state index >= 15 is 0 Å². The van der Waals surface area contributed by atoms with Crippen LogP contribution in [0.3, 0.4) is 0 Å². The number of fused-ring (bicyclic) bond motifs is 1. The number of thiophene rings is 1. The molecule has 0 bridgehead atoms. The van der Waals surface area contributed by atoms with Crippen molar-refractivity contribution in [1.29, 1.82) is 0 Å². The van der Waals surface area contributed by atoms with E-state index < -0.39 is 5.97 Å². The van der Waals surface area contributed by atoms with Crippen LogP contribution >= 0.6 is 34.7 Å². The zero-order valence-corrected chi connectivity index (χ0v) is 20.1. The fourth-order valence-corrected chi connectivity index (χ4v) is 5.05. The third-order valence-electron chi connectivity index (χ3n) is 4.65. The van der Waals surface area contributed by atoms with Crippen LogP contribution in [0.5, 0.6) is 0 Å². The Morgan fingerprint density at radius 3 is 2.76 bits per heavy atom. The van der Waals surface area contributed by atoms with Crippen molar-refractivity contribution in [3.63, 3.8) is 0 Å². The number of hydrogen-bond acceptors (Lipinski definition) is 7. The number of carbonyl (C=O) groups is 2. The molecule has 6 nitrogen and oxygen atoms in total. The summed E-state index contributed by atoms with van der Waals surface area (Å²) in [6.45, 7) is 2.29. The topological polar surface area (TPSA) is 81.2 Å². The van der Waals surface area contributed by atoms with E-state index in [1.54, 1.807) is 24.3 Å². The molecule has 2 heterocycles. The number of halogens is 1. The molecule has 33 heavy (non-hydrogen) atoms. The maximum Gasteiger partial charge on any atom is 0.338 e. The van der Waals surface area contributed by atoms with E-state index in [0.29, 0.717) is 22.9 Å². The normalized spacial score (nSPS) is 10.8. The molecule has 168 valence electrons. The molecule has 0 aliphatic rings. The van der Waals surface area contributed by atoms with Crippen LogP contribution in [0.4, 0.5) is 5.69 Å². The minimum absolute atomic E-state index is 0.159. The molecular weight excluding hydrogens is 478 g/mol. The zero-order chi connectivity index (χ0) is 23.2. The van der Waals surface area contributed by atoms with Gasteiger partial charge >= 0.3 is 5.97 Å². The van der Waals surface area contributed by atoms with Crippen molar-refractivity contribution >= 4 is 62.5 Å². The second kappa shape index (κ2) is 10.8. The number of rotatable bonds is 8. The van der Waals surface area contributed by atoms with Crippen molar-refractivity contribution in [2.45, 2.75) is 18.4 Å². The highest BCUT2D eigenvalue weighted by atomic mass is 35.5. The molecule has 0 atom stereocenters. The molecule has 0 radical (unpaired) electrons. The highest BCUT2D eigenvalue weighted by Gasteiger charge is 2.15. The largest absolute Gasteiger partial charge is 0.462 e. The summed E-state index contributed by atoms with van der Waals surface area (Å²) in [4.78, 5) is 34.3. The Kier molecular flexibility index (Phi) is 7.59. The number of esters is 1. The van der Waals surface area contributed by atoms with Gasteiger partial charge in [0.2, 0.25) is 5.91 Å². The first-order chi connectivity index (χ1) is 16.0. The Hall–Kier alpha value is -2.94. The van der Waals surface area contributed by atoms with E-state index in [-0.39, 0.29) is 11.7 Å². The van der Waals surface area contributed by atoms with Gasteiger partial charge in [0.1, 0.15) is 16.2 Å². The van der Waals surface area contributed by atoms with Gasteiger partial charge in [-0.2, -0.15) is 0 Å². The molecule has 0 spiro atoms. The van der Waals surface area contributed by atoms with E-state index in [1.165, 1.54) is 29.4 Å². The number of aromatic nitrogens is 2. The van der Waals surface area contributed by atoms with Crippen molar-refractivity contribution in [1.82, 2.24) is 9.97 Å². The first kappa shape index (κ1) is 23.2. The monoisotopic (exact) mass is 497 g/mol. The van der Waals surface area contributed by atoms with Crippen LogP contribution in [0.1, 0.15) is 23.7 Å². The molecule has 1 N–H and O–H groups in total. The average Bonchev–Trinajstić information content (AvgIpc) is 3.27. The van der Waals surface area contributed by atoms with Gasteiger partial charge in [-0.15, -0.1) is 11.3 Å². The van der Waals surface area contributed by atoms with Crippen LogP contribution < -0.4 is 5.32 Å². The minimum atomic E-state index is -0.405. The number of nitrogens with zero attached hydrogens (tertiary/aromatic N) is 2. The molecular formula is C24H20ClN3O3S2. The third-order valence-corrected chi connectivity index (χ3v) is 6.78. The van der Waals surface area contributed by atoms with Gasteiger partial charge < -0.3 is 10.1 Å². The fraction of sp³-hybridized carbons (Fsp3) is 0.167. The lowest BCUT2D eigenvalue weighted by molar-refractivity contribution is -0.113. The second-order valence-corrected chi connectivity index (χ2v) is 9.33. The van der Waals surface area contributed by atoms with Gasteiger partial charge in [0.25, 0.3) is 0 Å². The van der Waals surface area contributed by atoms with Crippen LogP contribution in [0, 0.1) is 0 Å². The number of anilines is 1. The van der Waals surface area contributed by atoms with Crippen LogP contribution in [0.15, 0.2) is 65.3 Å². The Bertz CT molecular complexity index is 1290. The predicted molar refractivity (Wildman–Crippen MR) is 134 cm³/mol. The number of thioether (sulfide) groups is 1. The molecule has 0 saturated carbocycles. The van der Waals surface area contributed by atoms with Crippen LogP contribution in [0.25, 0.3) is 21.3 Å². The van der Waals surface area contributed by atoms with E-state index in [0.717, 1.165) is 32.8 Å². The Labute approximate surface area is 204 Å². The number of nitrogens with one attached hydrogen (secondary N) is 1. The summed E-state index contributed by atoms with van der Waals surface area (Å²) in [5.41, 5.74) is 2.96. The number of amides is 1. The molecule has 0 saturated heterocycles. The summed E-state index contributed by atoms with van der Waals surface area (Å²) in [5, 5.41) is 7.20. The molecule has 2 aromatic carbocycles. The first-order valence-electron chi connectivity index (χ1n) is 10.2. The molecule has 0 aliphatic carbocycles. The summed E-state index contributed by atoms with van der Waals surface area (Å²) in [5.74, 6) is -0.445. The van der Waals surface area contributed by atoms with Gasteiger partial charge in [0.05, 0.1) is 23.3 Å². The maximum absolute atomic E-state index is 12.6. The first-order valence-corrected chi connectivity index (χ1v) is 12.5. The minimum Gasteiger partial charge on any atom is -0.462 e. The van der Waals surface area contributed by atoms with E-state index in [2.05, 4.69) is 15.3 Å². The summed E-state index contributed by atoms with van der Waals surface area (Å²) in [6.07, 6.45) is 2.26. The van der Waals surface area contributed by atoms with Crippen molar-refractivity contribution in [2.75, 3.05) is 17.7 Å².